The van der Waals surface area contributed by atoms with Crippen molar-refractivity contribution in [3.63, 3.8) is 0 Å². The van der Waals surface area contributed by atoms with Crippen molar-refractivity contribution in [2.45, 2.75) is 32.3 Å². The van der Waals surface area contributed by atoms with E-state index in [0.717, 1.165) is 45.9 Å². The fraction of sp³-hybridized carbons (Fsp3) is 0.259. The fourth-order valence-corrected chi connectivity index (χ4v) is 5.09. The first-order valence-electron chi connectivity index (χ1n) is 11.0. The minimum Gasteiger partial charge on any atom is -0.489 e. The predicted molar refractivity (Wildman–Crippen MR) is 126 cm³/mol. The van der Waals surface area contributed by atoms with Crippen molar-refractivity contribution in [1.82, 2.24) is 4.98 Å². The Hall–Kier alpha value is -3.60. The second kappa shape index (κ2) is 8.15. The van der Waals surface area contributed by atoms with E-state index in [9.17, 15) is 9.90 Å². The minimum atomic E-state index is -0.846. The lowest BCUT2D eigenvalue weighted by atomic mass is 9.84. The Labute approximate surface area is 187 Å². The maximum atomic E-state index is 11.4. The number of carboxylic acids is 1. The summed E-state index contributed by atoms with van der Waals surface area (Å²) in [6.07, 6.45) is 10.5. The normalized spacial score (nSPS) is 21.9. The fourth-order valence-electron chi connectivity index (χ4n) is 5.09. The molecule has 3 aromatic rings. The average molecular weight is 427 g/mol. The first-order chi connectivity index (χ1) is 15.5. The molecule has 5 heteroatoms. The molecule has 2 aromatic carbocycles. The predicted octanol–water partition coefficient (Wildman–Crippen LogP) is 5.18. The molecule has 1 saturated carbocycles. The average Bonchev–Trinajstić information content (AvgIpc) is 3.18. The molecule has 0 amide bonds. The van der Waals surface area contributed by atoms with Gasteiger partial charge in [-0.2, -0.15) is 0 Å². The highest BCUT2D eigenvalue weighted by atomic mass is 16.5. The Morgan fingerprint density at radius 2 is 2.00 bits per heavy atom. The molecule has 32 heavy (non-hydrogen) atoms. The Morgan fingerprint density at radius 1 is 1.16 bits per heavy atom. The monoisotopic (exact) mass is 426 g/mol. The summed E-state index contributed by atoms with van der Waals surface area (Å²) in [5.74, 6) is 1.04. The number of aliphatic carboxylic acids is 1. The molecule has 0 bridgehead atoms. The summed E-state index contributed by atoms with van der Waals surface area (Å²) in [6.45, 7) is 1.94. The minimum absolute atomic E-state index is 0.0102. The van der Waals surface area contributed by atoms with Crippen LogP contribution in [-0.4, -0.2) is 22.2 Å². The summed E-state index contributed by atoms with van der Waals surface area (Å²) < 4.78 is 6.48. The summed E-state index contributed by atoms with van der Waals surface area (Å²) >= 11 is 0. The van der Waals surface area contributed by atoms with Crippen molar-refractivity contribution in [3.05, 3.63) is 83.6 Å². The number of hydrogen-bond donors (Lipinski definition) is 2. The van der Waals surface area contributed by atoms with Gasteiger partial charge in [-0.3, -0.25) is 4.79 Å². The molecule has 0 aliphatic heterocycles. The van der Waals surface area contributed by atoms with E-state index in [1.54, 1.807) is 6.20 Å². The van der Waals surface area contributed by atoms with Gasteiger partial charge in [0.2, 0.25) is 0 Å². The highest BCUT2D eigenvalue weighted by Gasteiger charge is 2.37. The quantitative estimate of drug-likeness (QED) is 0.587. The van der Waals surface area contributed by atoms with E-state index in [1.165, 1.54) is 0 Å². The third kappa shape index (κ3) is 3.64. The van der Waals surface area contributed by atoms with Gasteiger partial charge in [0.15, 0.2) is 0 Å². The topological polar surface area (TPSA) is 85.4 Å². The molecular weight excluding hydrogens is 400 g/mol. The van der Waals surface area contributed by atoms with Crippen LogP contribution in [0.4, 0.5) is 5.82 Å². The number of pyridine rings is 1. The van der Waals surface area contributed by atoms with E-state index in [1.807, 2.05) is 43.3 Å². The van der Waals surface area contributed by atoms with Gasteiger partial charge in [-0.15, -0.1) is 0 Å². The van der Waals surface area contributed by atoms with Gasteiger partial charge in [0.05, 0.1) is 6.42 Å². The highest BCUT2D eigenvalue weighted by Crippen LogP contribution is 2.43. The smallest absolute Gasteiger partial charge is 0.307 e. The van der Waals surface area contributed by atoms with Crippen LogP contribution in [0.1, 0.15) is 29.5 Å². The van der Waals surface area contributed by atoms with E-state index in [0.29, 0.717) is 17.5 Å². The van der Waals surface area contributed by atoms with Crippen LogP contribution in [0.5, 0.6) is 5.75 Å². The van der Waals surface area contributed by atoms with Gasteiger partial charge in [0.25, 0.3) is 0 Å². The van der Waals surface area contributed by atoms with Gasteiger partial charge in [-0.05, 0) is 59.9 Å². The van der Waals surface area contributed by atoms with Gasteiger partial charge in [-0.1, -0.05) is 48.6 Å². The number of aryl methyl sites for hydroxylation is 1. The van der Waals surface area contributed by atoms with Crippen LogP contribution >= 0.6 is 0 Å². The summed E-state index contributed by atoms with van der Waals surface area (Å²) in [7, 11) is 0. The molecule has 2 aliphatic carbocycles. The summed E-state index contributed by atoms with van der Waals surface area (Å²) in [5.41, 5.74) is 10.1. The van der Waals surface area contributed by atoms with Crippen molar-refractivity contribution < 1.29 is 14.6 Å². The van der Waals surface area contributed by atoms with Gasteiger partial charge in [0.1, 0.15) is 17.7 Å². The third-order valence-electron chi connectivity index (χ3n) is 6.72. The molecule has 0 radical (unpaired) electrons. The molecule has 2 aliphatic rings. The van der Waals surface area contributed by atoms with Gasteiger partial charge in [-0.25, -0.2) is 4.98 Å². The standard InChI is InChI=1S/C27H26N2O3/c1-16-4-2-7-24(22(16)15-26(30)31)32-25-11-10-17-8-9-18(14-23(17)25)19-5-3-6-21-20(19)12-13-29-27(21)28/h2-9,12-14,17,23,25H,10-11,15H2,1H3,(H2,28,29)(H,30,31)/t17?,23?,25-/m1/s1. The number of benzene rings is 2. The number of ether oxygens (including phenoxy) is 1. The van der Waals surface area contributed by atoms with E-state index in [4.69, 9.17) is 10.5 Å². The maximum absolute atomic E-state index is 11.4. The lowest BCUT2D eigenvalue weighted by molar-refractivity contribution is -0.136. The van der Waals surface area contributed by atoms with Crippen LogP contribution in [-0.2, 0) is 11.2 Å². The molecule has 0 spiro atoms. The molecule has 0 saturated heterocycles. The molecule has 162 valence electrons. The number of nitrogen functional groups attached to an aromatic ring is 1. The Kier molecular flexibility index (Phi) is 5.17. The van der Waals surface area contributed by atoms with E-state index < -0.39 is 5.97 Å². The van der Waals surface area contributed by atoms with Crippen LogP contribution in [0.2, 0.25) is 0 Å². The zero-order valence-electron chi connectivity index (χ0n) is 18.0. The van der Waals surface area contributed by atoms with E-state index in [2.05, 4.69) is 29.3 Å². The number of carboxylic acid groups (broad SMARTS) is 1. The summed E-state index contributed by atoms with van der Waals surface area (Å²) in [4.78, 5) is 15.6. The molecule has 1 fully saturated rings. The first kappa shape index (κ1) is 20.3. The molecule has 1 aromatic heterocycles. The number of nitrogens with two attached hydrogens (primary N) is 1. The zero-order valence-corrected chi connectivity index (χ0v) is 18.0. The Bertz CT molecular complexity index is 1260. The van der Waals surface area contributed by atoms with Crippen molar-refractivity contribution in [2.75, 3.05) is 5.73 Å². The van der Waals surface area contributed by atoms with E-state index in [-0.39, 0.29) is 18.4 Å². The van der Waals surface area contributed by atoms with Crippen LogP contribution < -0.4 is 10.5 Å². The zero-order chi connectivity index (χ0) is 22.2. The molecular formula is C27H26N2O3. The van der Waals surface area contributed by atoms with Crippen molar-refractivity contribution in [1.29, 1.82) is 0 Å². The molecule has 3 atom stereocenters. The molecule has 5 nitrogen and oxygen atoms in total. The van der Waals surface area contributed by atoms with Gasteiger partial charge in [0, 0.05) is 23.1 Å². The summed E-state index contributed by atoms with van der Waals surface area (Å²) in [5, 5.41) is 11.4. The Balaban J connectivity index is 1.48. The van der Waals surface area contributed by atoms with Crippen LogP contribution in [0.15, 0.2) is 66.9 Å². The third-order valence-corrected chi connectivity index (χ3v) is 6.72. The van der Waals surface area contributed by atoms with Crippen LogP contribution in [0.3, 0.4) is 0 Å². The lowest BCUT2D eigenvalue weighted by Gasteiger charge is -2.26. The first-order valence-corrected chi connectivity index (χ1v) is 11.0. The maximum Gasteiger partial charge on any atom is 0.307 e. The summed E-state index contributed by atoms with van der Waals surface area (Å²) in [6, 6.07) is 13.9. The second-order valence-electron chi connectivity index (χ2n) is 8.67. The number of aromatic nitrogens is 1. The Morgan fingerprint density at radius 3 is 2.84 bits per heavy atom. The number of allylic oxidation sites excluding steroid dienone is 3. The van der Waals surface area contributed by atoms with Crippen LogP contribution in [0.25, 0.3) is 16.3 Å². The van der Waals surface area contributed by atoms with Crippen molar-refractivity contribution >= 4 is 28.1 Å². The second-order valence-corrected chi connectivity index (χ2v) is 8.67. The molecule has 2 unspecified atom stereocenters. The molecule has 1 heterocycles. The molecule has 5 rings (SSSR count). The highest BCUT2D eigenvalue weighted by molar-refractivity contribution is 6.00. The number of rotatable bonds is 5. The molecule has 3 N–H and O–H groups in total. The van der Waals surface area contributed by atoms with Crippen molar-refractivity contribution in [3.8, 4) is 5.75 Å². The van der Waals surface area contributed by atoms with Gasteiger partial charge < -0.3 is 15.6 Å². The lowest BCUT2D eigenvalue weighted by Crippen LogP contribution is -2.25. The largest absolute Gasteiger partial charge is 0.489 e. The van der Waals surface area contributed by atoms with Gasteiger partial charge >= 0.3 is 5.97 Å². The SMILES string of the molecule is Cc1cccc(O[C@@H]2CCC3C=CC(c4cccc5c(N)nccc45)=CC32)c1CC(=O)O. The number of anilines is 1. The number of nitrogens with zero attached hydrogens (tertiary/aromatic N) is 1. The number of hydrogen-bond acceptors (Lipinski definition) is 4. The van der Waals surface area contributed by atoms with E-state index >= 15 is 0 Å². The van der Waals surface area contributed by atoms with Crippen molar-refractivity contribution in [2.24, 2.45) is 11.8 Å². The number of fused-ring (bicyclic) bond motifs is 2. The van der Waals surface area contributed by atoms with Crippen LogP contribution in [0, 0.1) is 18.8 Å². The number of carbonyl (C=O) groups is 1.